The molecule has 0 aliphatic rings. The Morgan fingerprint density at radius 1 is 1.25 bits per heavy atom. The second-order valence-corrected chi connectivity index (χ2v) is 3.77. The van der Waals surface area contributed by atoms with Gasteiger partial charge in [-0.25, -0.2) is 4.98 Å². The number of hydrogen-bond acceptors (Lipinski definition) is 2. The average Bonchev–Trinajstić information content (AvgIpc) is 2.16. The zero-order valence-corrected chi connectivity index (χ0v) is 9.53. The fourth-order valence-corrected chi connectivity index (χ4v) is 1.24. The van der Waals surface area contributed by atoms with Crippen LogP contribution in [-0.2, 0) is 11.3 Å². The summed E-state index contributed by atoms with van der Waals surface area (Å²) in [7, 11) is 0. The Hall–Kier alpha value is -0.520. The summed E-state index contributed by atoms with van der Waals surface area (Å²) in [6.07, 6.45) is -5.21. The fourth-order valence-electron chi connectivity index (χ4n) is 0.916. The maximum atomic E-state index is 11.8. The molecule has 0 aliphatic heterocycles. The highest BCUT2D eigenvalue weighted by molar-refractivity contribution is 6.32. The molecule has 0 aliphatic carbocycles. The Bertz CT molecular complexity index is 357. The molecule has 0 bridgehead atoms. The van der Waals surface area contributed by atoms with Gasteiger partial charge in [0.15, 0.2) is 0 Å². The van der Waals surface area contributed by atoms with Crippen molar-refractivity contribution in [3.05, 3.63) is 28.0 Å². The van der Waals surface area contributed by atoms with Crippen LogP contribution in [0.15, 0.2) is 12.1 Å². The van der Waals surface area contributed by atoms with Gasteiger partial charge >= 0.3 is 6.18 Å². The summed E-state index contributed by atoms with van der Waals surface area (Å²) in [5.41, 5.74) is 0.330. The van der Waals surface area contributed by atoms with Crippen molar-refractivity contribution in [2.45, 2.75) is 19.2 Å². The van der Waals surface area contributed by atoms with Crippen LogP contribution < -0.4 is 0 Å². The van der Waals surface area contributed by atoms with Crippen molar-refractivity contribution in [2.24, 2.45) is 0 Å². The summed E-state index contributed by atoms with van der Waals surface area (Å²) in [4.78, 5) is 3.83. The van der Waals surface area contributed by atoms with Crippen LogP contribution in [0.3, 0.4) is 0 Å². The predicted molar refractivity (Wildman–Crippen MR) is 54.6 cm³/mol. The number of alkyl halides is 3. The first-order valence-electron chi connectivity index (χ1n) is 4.34. The monoisotopic (exact) mass is 273 g/mol. The van der Waals surface area contributed by atoms with E-state index < -0.39 is 19.2 Å². The number of halogens is 5. The number of pyridine rings is 1. The zero-order chi connectivity index (χ0) is 12.2. The van der Waals surface area contributed by atoms with Crippen molar-refractivity contribution in [3.63, 3.8) is 0 Å². The van der Waals surface area contributed by atoms with E-state index in [1.165, 1.54) is 12.1 Å². The van der Waals surface area contributed by atoms with Crippen LogP contribution in [0.5, 0.6) is 0 Å². The van der Waals surface area contributed by atoms with E-state index in [9.17, 15) is 13.2 Å². The lowest BCUT2D eigenvalue weighted by atomic mass is 10.3. The number of hydrogen-bond donors (Lipinski definition) is 0. The third kappa shape index (κ3) is 5.01. The number of nitrogens with zero attached hydrogens (tertiary/aromatic N) is 1. The van der Waals surface area contributed by atoms with Gasteiger partial charge in [0.25, 0.3) is 0 Å². The number of aromatic nitrogens is 1. The van der Waals surface area contributed by atoms with Crippen LogP contribution in [0.25, 0.3) is 0 Å². The van der Waals surface area contributed by atoms with Crippen LogP contribution in [-0.4, -0.2) is 17.8 Å². The summed E-state index contributed by atoms with van der Waals surface area (Å²) in [6.45, 7) is -0.510. The van der Waals surface area contributed by atoms with Crippen LogP contribution in [0.4, 0.5) is 13.2 Å². The van der Waals surface area contributed by atoms with E-state index in [4.69, 9.17) is 27.9 Å². The predicted octanol–water partition coefficient (Wildman–Crippen LogP) is 3.86. The molecule has 0 saturated heterocycles. The minimum Gasteiger partial charge on any atom is -0.375 e. The quantitative estimate of drug-likeness (QED) is 0.614. The van der Waals surface area contributed by atoms with Crippen molar-refractivity contribution in [2.75, 3.05) is 6.61 Å². The Labute approximate surface area is 100 Å². The van der Waals surface area contributed by atoms with Crippen molar-refractivity contribution in [1.82, 2.24) is 4.98 Å². The summed E-state index contributed by atoms with van der Waals surface area (Å²) >= 11 is 11.3. The second-order valence-electron chi connectivity index (χ2n) is 2.98. The molecule has 0 atom stereocenters. The first kappa shape index (κ1) is 13.5. The van der Waals surface area contributed by atoms with Gasteiger partial charge in [0.1, 0.15) is 5.15 Å². The smallest absolute Gasteiger partial charge is 0.375 e. The van der Waals surface area contributed by atoms with Gasteiger partial charge in [-0.3, -0.25) is 0 Å². The molecular weight excluding hydrogens is 266 g/mol. The highest BCUT2D eigenvalue weighted by atomic mass is 35.5. The number of ether oxygens (including phenoxy) is 1. The van der Waals surface area contributed by atoms with E-state index >= 15 is 0 Å². The average molecular weight is 274 g/mol. The molecule has 0 saturated carbocycles. The molecule has 7 heteroatoms. The molecule has 2 nitrogen and oxygen atoms in total. The summed E-state index contributed by atoms with van der Waals surface area (Å²) in [6, 6.07) is 3.00. The van der Waals surface area contributed by atoms with Crippen molar-refractivity contribution >= 4 is 23.2 Å². The van der Waals surface area contributed by atoms with Crippen LogP contribution in [0.2, 0.25) is 10.2 Å². The minimum absolute atomic E-state index is 0.0878. The SMILES string of the molecule is FC(F)(F)CCOCc1nc(Cl)ccc1Cl. The van der Waals surface area contributed by atoms with E-state index in [1.54, 1.807) is 0 Å². The molecule has 0 unspecified atom stereocenters. The van der Waals surface area contributed by atoms with Crippen molar-refractivity contribution in [1.29, 1.82) is 0 Å². The van der Waals surface area contributed by atoms with Crippen molar-refractivity contribution < 1.29 is 17.9 Å². The van der Waals surface area contributed by atoms with Gasteiger partial charge in [0.2, 0.25) is 0 Å². The van der Waals surface area contributed by atoms with Gasteiger partial charge in [-0.1, -0.05) is 23.2 Å². The van der Waals surface area contributed by atoms with E-state index in [1.807, 2.05) is 0 Å². The largest absolute Gasteiger partial charge is 0.391 e. The Balaban J connectivity index is 2.40. The highest BCUT2D eigenvalue weighted by Crippen LogP contribution is 2.20. The summed E-state index contributed by atoms with van der Waals surface area (Å²) < 4.78 is 40.2. The van der Waals surface area contributed by atoms with E-state index in [2.05, 4.69) is 4.98 Å². The van der Waals surface area contributed by atoms with E-state index in [0.29, 0.717) is 10.7 Å². The maximum absolute atomic E-state index is 11.8. The van der Waals surface area contributed by atoms with Crippen LogP contribution >= 0.6 is 23.2 Å². The molecule has 0 N–H and O–H groups in total. The first-order chi connectivity index (χ1) is 7.38. The van der Waals surface area contributed by atoms with Gasteiger partial charge in [-0.2, -0.15) is 13.2 Å². The van der Waals surface area contributed by atoms with Gasteiger partial charge in [-0.05, 0) is 12.1 Å². The maximum Gasteiger partial charge on any atom is 0.391 e. The standard InChI is InChI=1S/C9H8Cl2F3NO/c10-6-1-2-8(11)15-7(6)5-16-4-3-9(12,13)14/h1-2H,3-5H2. The molecule has 0 aromatic carbocycles. The summed E-state index contributed by atoms with van der Waals surface area (Å²) in [5.74, 6) is 0. The molecule has 0 spiro atoms. The molecule has 1 aromatic rings. The lowest BCUT2D eigenvalue weighted by molar-refractivity contribution is -0.146. The van der Waals surface area contributed by atoms with E-state index in [-0.39, 0.29) is 11.8 Å². The Kier molecular flexibility index (Phi) is 4.83. The van der Waals surface area contributed by atoms with Gasteiger partial charge in [0, 0.05) is 0 Å². The van der Waals surface area contributed by atoms with Gasteiger partial charge < -0.3 is 4.74 Å². The normalized spacial score (nSPS) is 11.8. The molecule has 1 rings (SSSR count). The summed E-state index contributed by atoms with van der Waals surface area (Å²) in [5, 5.41) is 0.537. The van der Waals surface area contributed by atoms with Crippen molar-refractivity contribution in [3.8, 4) is 0 Å². The lowest BCUT2D eigenvalue weighted by Crippen LogP contribution is -2.11. The van der Waals surface area contributed by atoms with Crippen LogP contribution in [0, 0.1) is 0 Å². The molecule has 90 valence electrons. The molecule has 1 aromatic heterocycles. The third-order valence-electron chi connectivity index (χ3n) is 1.65. The van der Waals surface area contributed by atoms with E-state index in [0.717, 1.165) is 0 Å². The van der Waals surface area contributed by atoms with Gasteiger partial charge in [-0.15, -0.1) is 0 Å². The molecule has 1 heterocycles. The minimum atomic E-state index is -4.22. The Morgan fingerprint density at radius 2 is 1.94 bits per heavy atom. The first-order valence-corrected chi connectivity index (χ1v) is 5.09. The topological polar surface area (TPSA) is 22.1 Å². The third-order valence-corrected chi connectivity index (χ3v) is 2.21. The zero-order valence-electron chi connectivity index (χ0n) is 8.02. The van der Waals surface area contributed by atoms with Gasteiger partial charge in [0.05, 0.1) is 30.4 Å². The molecule has 0 radical (unpaired) electrons. The lowest BCUT2D eigenvalue weighted by Gasteiger charge is -2.07. The molecule has 0 fully saturated rings. The highest BCUT2D eigenvalue weighted by Gasteiger charge is 2.26. The number of rotatable bonds is 4. The Morgan fingerprint density at radius 3 is 2.56 bits per heavy atom. The molecule has 16 heavy (non-hydrogen) atoms. The second kappa shape index (κ2) is 5.70. The fraction of sp³-hybridized carbons (Fsp3) is 0.444. The van der Waals surface area contributed by atoms with Crippen LogP contribution in [0.1, 0.15) is 12.1 Å². The molecule has 0 amide bonds. The molecular formula is C9H8Cl2F3NO.